The summed E-state index contributed by atoms with van der Waals surface area (Å²) >= 11 is 1.43. The molecule has 1 aliphatic heterocycles. The number of hydrogen-bond acceptors (Lipinski definition) is 8. The molecule has 0 spiro atoms. The van der Waals surface area contributed by atoms with Crippen molar-refractivity contribution >= 4 is 35.0 Å². The van der Waals surface area contributed by atoms with Crippen molar-refractivity contribution in [3.63, 3.8) is 0 Å². The largest absolute Gasteiger partial charge is 0.469 e. The number of carbonyl (C=O) groups is 4. The molecule has 1 aromatic heterocycles. The highest BCUT2D eigenvalue weighted by Gasteiger charge is 2.35. The molecule has 0 radical (unpaired) electrons. The van der Waals surface area contributed by atoms with Gasteiger partial charge < -0.3 is 20.3 Å². The second-order valence-electron chi connectivity index (χ2n) is 13.8. The maximum absolute atomic E-state index is 14.0. The summed E-state index contributed by atoms with van der Waals surface area (Å²) < 4.78 is 4.92. The lowest BCUT2D eigenvalue weighted by atomic mass is 9.93. The van der Waals surface area contributed by atoms with E-state index in [9.17, 15) is 19.2 Å². The standard InChI is InChI=1S/C37H57N5O5S/c1-9-25(4)33(40-35(44)31-17-13-14-20-41(31)6)36(45)42(7)30(24(2)3)18-19-32-39-29(23-48-32)34(43)38-28(21-26(5)37(46)47-8)22-27-15-11-10-12-16-27/h10-12,15-16,23-26,28,30-31,33H,9,13-14,17-22H2,1-8H3,(H,38,43)(H,40,44)/t25-,26-,28+,30+,31+,33-/m0/s1. The molecule has 1 aliphatic rings. The number of thiazole rings is 1. The van der Waals surface area contributed by atoms with Crippen LogP contribution in [0.5, 0.6) is 0 Å². The fourth-order valence-electron chi connectivity index (χ4n) is 6.57. The first-order valence-corrected chi connectivity index (χ1v) is 18.4. The fourth-order valence-corrected chi connectivity index (χ4v) is 7.37. The number of nitrogens with one attached hydrogen (secondary N) is 2. The molecule has 3 amide bonds. The van der Waals surface area contributed by atoms with Crippen LogP contribution in [-0.2, 0) is 32.0 Å². The molecule has 266 valence electrons. The smallest absolute Gasteiger partial charge is 0.308 e. The van der Waals surface area contributed by atoms with Crippen LogP contribution in [0.3, 0.4) is 0 Å². The van der Waals surface area contributed by atoms with Gasteiger partial charge in [0.1, 0.15) is 11.7 Å². The van der Waals surface area contributed by atoms with E-state index >= 15 is 0 Å². The number of hydrogen-bond donors (Lipinski definition) is 2. The number of methoxy groups -OCH3 is 1. The number of esters is 1. The Hall–Kier alpha value is -3.31. The van der Waals surface area contributed by atoms with Gasteiger partial charge in [0.2, 0.25) is 11.8 Å². The number of nitrogens with zero attached hydrogens (tertiary/aromatic N) is 3. The van der Waals surface area contributed by atoms with E-state index in [1.54, 1.807) is 12.3 Å². The molecule has 2 N–H and O–H groups in total. The van der Waals surface area contributed by atoms with Crippen molar-refractivity contribution in [1.82, 2.24) is 25.4 Å². The average Bonchev–Trinajstić information content (AvgIpc) is 3.55. The third kappa shape index (κ3) is 11.1. The number of piperidine rings is 1. The summed E-state index contributed by atoms with van der Waals surface area (Å²) in [4.78, 5) is 61.3. The lowest BCUT2D eigenvalue weighted by Crippen LogP contribution is -2.57. The zero-order valence-corrected chi connectivity index (χ0v) is 31.0. The maximum Gasteiger partial charge on any atom is 0.308 e. The molecule has 0 aliphatic carbocycles. The lowest BCUT2D eigenvalue weighted by Gasteiger charge is -2.37. The number of likely N-dealkylation sites (N-methyl/N-ethyl adjacent to an activating group) is 2. The van der Waals surface area contributed by atoms with Gasteiger partial charge in [-0.2, -0.15) is 0 Å². The van der Waals surface area contributed by atoms with Gasteiger partial charge >= 0.3 is 5.97 Å². The number of rotatable bonds is 17. The highest BCUT2D eigenvalue weighted by atomic mass is 32.1. The topological polar surface area (TPSA) is 121 Å². The van der Waals surface area contributed by atoms with Crippen LogP contribution in [0.25, 0.3) is 0 Å². The molecule has 3 rings (SSSR count). The second-order valence-corrected chi connectivity index (χ2v) is 14.8. The number of likely N-dealkylation sites (tertiary alicyclic amines) is 1. The van der Waals surface area contributed by atoms with Gasteiger partial charge in [0, 0.05) is 30.9 Å². The van der Waals surface area contributed by atoms with Gasteiger partial charge in [-0.25, -0.2) is 4.98 Å². The van der Waals surface area contributed by atoms with Crippen molar-refractivity contribution in [2.75, 3.05) is 27.7 Å². The van der Waals surface area contributed by atoms with Crippen LogP contribution in [0, 0.1) is 17.8 Å². The highest BCUT2D eigenvalue weighted by molar-refractivity contribution is 7.09. The first-order valence-electron chi connectivity index (χ1n) is 17.5. The van der Waals surface area contributed by atoms with Crippen molar-refractivity contribution in [1.29, 1.82) is 0 Å². The molecule has 48 heavy (non-hydrogen) atoms. The van der Waals surface area contributed by atoms with Crippen LogP contribution in [0.1, 0.15) is 94.2 Å². The molecule has 1 fully saturated rings. The van der Waals surface area contributed by atoms with E-state index in [1.165, 1.54) is 18.4 Å². The van der Waals surface area contributed by atoms with Gasteiger partial charge in [-0.3, -0.25) is 24.1 Å². The number of amides is 3. The molecule has 10 nitrogen and oxygen atoms in total. The first kappa shape index (κ1) is 39.1. The number of ether oxygens (including phenoxy) is 1. The van der Waals surface area contributed by atoms with Crippen LogP contribution in [0.4, 0.5) is 0 Å². The number of carbonyl (C=O) groups excluding carboxylic acids is 4. The van der Waals surface area contributed by atoms with Crippen molar-refractivity contribution in [2.24, 2.45) is 17.8 Å². The monoisotopic (exact) mass is 683 g/mol. The normalized spacial score (nSPS) is 18.3. The van der Waals surface area contributed by atoms with Gasteiger partial charge in [-0.15, -0.1) is 11.3 Å². The van der Waals surface area contributed by atoms with Gasteiger partial charge in [0.25, 0.3) is 5.91 Å². The van der Waals surface area contributed by atoms with Crippen molar-refractivity contribution in [3.8, 4) is 0 Å². The van der Waals surface area contributed by atoms with Crippen LogP contribution in [0.15, 0.2) is 35.7 Å². The van der Waals surface area contributed by atoms with E-state index in [2.05, 4.69) is 34.4 Å². The molecule has 0 saturated carbocycles. The minimum atomic E-state index is -0.593. The van der Waals surface area contributed by atoms with Gasteiger partial charge in [0.05, 0.1) is 24.1 Å². The Morgan fingerprint density at radius 3 is 2.42 bits per heavy atom. The minimum Gasteiger partial charge on any atom is -0.469 e. The Bertz CT molecular complexity index is 1330. The maximum atomic E-state index is 14.0. The van der Waals surface area contributed by atoms with Gasteiger partial charge in [-0.1, -0.05) is 77.8 Å². The molecule has 6 atom stereocenters. The van der Waals surface area contributed by atoms with E-state index in [-0.39, 0.29) is 59.6 Å². The van der Waals surface area contributed by atoms with E-state index < -0.39 is 6.04 Å². The highest BCUT2D eigenvalue weighted by Crippen LogP contribution is 2.23. The molecule has 0 unspecified atom stereocenters. The Labute approximate surface area is 291 Å². The van der Waals surface area contributed by atoms with Crippen LogP contribution < -0.4 is 10.6 Å². The first-order chi connectivity index (χ1) is 22.9. The van der Waals surface area contributed by atoms with Crippen molar-refractivity contribution in [3.05, 3.63) is 52.0 Å². The van der Waals surface area contributed by atoms with Gasteiger partial charge in [0.15, 0.2) is 0 Å². The van der Waals surface area contributed by atoms with Crippen LogP contribution in [-0.4, -0.2) is 90.4 Å². The van der Waals surface area contributed by atoms with E-state index in [1.807, 2.05) is 63.2 Å². The Kier molecular flexibility index (Phi) is 15.5. The molecule has 0 bridgehead atoms. The summed E-state index contributed by atoms with van der Waals surface area (Å²) in [7, 11) is 5.19. The molecule has 1 saturated heterocycles. The average molecular weight is 684 g/mol. The van der Waals surface area contributed by atoms with Crippen molar-refractivity contribution in [2.45, 2.75) is 110 Å². The number of aryl methyl sites for hydroxylation is 1. The molecule has 11 heteroatoms. The summed E-state index contributed by atoms with van der Waals surface area (Å²) in [6, 6.07) is 8.72. The summed E-state index contributed by atoms with van der Waals surface area (Å²) in [5, 5.41) is 8.82. The minimum absolute atomic E-state index is 0.00744. The summed E-state index contributed by atoms with van der Waals surface area (Å²) in [6.45, 7) is 11.0. The molecule has 1 aromatic carbocycles. The zero-order valence-electron chi connectivity index (χ0n) is 30.2. The van der Waals surface area contributed by atoms with Crippen molar-refractivity contribution < 1.29 is 23.9 Å². The predicted molar refractivity (Wildman–Crippen MR) is 191 cm³/mol. The Morgan fingerprint density at radius 2 is 1.79 bits per heavy atom. The lowest BCUT2D eigenvalue weighted by molar-refractivity contribution is -0.145. The number of aromatic nitrogens is 1. The van der Waals surface area contributed by atoms with E-state index in [0.717, 1.165) is 42.8 Å². The molecular weight excluding hydrogens is 627 g/mol. The fraction of sp³-hybridized carbons (Fsp3) is 0.649. The van der Waals surface area contributed by atoms with Crippen LogP contribution >= 0.6 is 11.3 Å². The van der Waals surface area contributed by atoms with E-state index in [0.29, 0.717) is 31.4 Å². The Morgan fingerprint density at radius 1 is 1.08 bits per heavy atom. The molecule has 2 aromatic rings. The summed E-state index contributed by atoms with van der Waals surface area (Å²) in [5.74, 6) is -0.925. The number of benzene rings is 1. The van der Waals surface area contributed by atoms with E-state index in [4.69, 9.17) is 4.74 Å². The Balaban J connectivity index is 1.66. The van der Waals surface area contributed by atoms with Crippen LogP contribution in [0.2, 0.25) is 0 Å². The molecule has 2 heterocycles. The summed E-state index contributed by atoms with van der Waals surface area (Å²) in [6.07, 6.45) is 5.99. The molecular formula is C37H57N5O5S. The van der Waals surface area contributed by atoms with Gasteiger partial charge in [-0.05, 0) is 63.1 Å². The second kappa shape index (κ2) is 19.0. The third-order valence-electron chi connectivity index (χ3n) is 9.80. The quantitative estimate of drug-likeness (QED) is 0.222. The SMILES string of the molecule is CC[C@H](C)[C@H](NC(=O)[C@H]1CCCCN1C)C(=O)N(C)[C@H](CCc1nc(C(=O)N[C@@H](Cc2ccccc2)C[C@H](C)C(=O)OC)cs1)C(C)C. The summed E-state index contributed by atoms with van der Waals surface area (Å²) in [5.41, 5.74) is 1.41. The zero-order chi connectivity index (χ0) is 35.4. The predicted octanol–water partition coefficient (Wildman–Crippen LogP) is 5.11. The third-order valence-corrected chi connectivity index (χ3v) is 10.7.